The van der Waals surface area contributed by atoms with Crippen molar-refractivity contribution < 1.29 is 13.2 Å². The van der Waals surface area contributed by atoms with Crippen LogP contribution in [0.1, 0.15) is 12.8 Å². The molecular weight excluding hydrogens is 471 g/mol. The summed E-state index contributed by atoms with van der Waals surface area (Å²) in [6.45, 7) is 6.34. The van der Waals surface area contributed by atoms with Crippen LogP contribution in [-0.2, 0) is 14.8 Å². The summed E-state index contributed by atoms with van der Waals surface area (Å²) in [6.07, 6.45) is 3.38. The summed E-state index contributed by atoms with van der Waals surface area (Å²) in [7, 11) is -1.45. The van der Waals surface area contributed by atoms with E-state index in [0.717, 1.165) is 64.3 Å². The molecule has 0 aromatic heterocycles. The molecule has 2 heterocycles. The SMILES string of the molecule is CN=C(NCCNS(C)(=O)=O)N1CCN(CC(=O)N2CCCC2)CC1.I. The monoisotopic (exact) mass is 502 g/mol. The van der Waals surface area contributed by atoms with Gasteiger partial charge in [0.25, 0.3) is 0 Å². The van der Waals surface area contributed by atoms with Crippen molar-refractivity contribution in [2.75, 3.05) is 72.2 Å². The highest BCUT2D eigenvalue weighted by Crippen LogP contribution is 2.09. The molecule has 2 rings (SSSR count). The number of likely N-dealkylation sites (tertiary alicyclic amines) is 1. The first kappa shape index (κ1) is 23.4. The molecule has 0 bridgehead atoms. The van der Waals surface area contributed by atoms with Gasteiger partial charge in [-0.25, -0.2) is 13.1 Å². The molecule has 0 aliphatic carbocycles. The first-order valence-corrected chi connectivity index (χ1v) is 10.7. The number of aliphatic imine (C=N–C) groups is 1. The number of nitrogens with one attached hydrogen (secondary N) is 2. The van der Waals surface area contributed by atoms with E-state index in [1.165, 1.54) is 0 Å². The molecule has 2 fully saturated rings. The minimum absolute atomic E-state index is 0. The number of sulfonamides is 1. The van der Waals surface area contributed by atoms with Crippen LogP contribution < -0.4 is 10.0 Å². The van der Waals surface area contributed by atoms with Crippen molar-refractivity contribution in [3.05, 3.63) is 0 Å². The molecule has 2 aliphatic rings. The summed E-state index contributed by atoms with van der Waals surface area (Å²) < 4.78 is 24.5. The third kappa shape index (κ3) is 7.92. The zero-order valence-electron chi connectivity index (χ0n) is 15.6. The van der Waals surface area contributed by atoms with Crippen LogP contribution in [0.2, 0.25) is 0 Å². The molecule has 9 nitrogen and oxygen atoms in total. The Hall–Kier alpha value is -0.660. The van der Waals surface area contributed by atoms with Crippen molar-refractivity contribution in [3.63, 3.8) is 0 Å². The largest absolute Gasteiger partial charge is 0.355 e. The van der Waals surface area contributed by atoms with Crippen molar-refractivity contribution in [1.29, 1.82) is 0 Å². The molecule has 0 unspecified atom stereocenters. The number of nitrogens with zero attached hydrogens (tertiary/aromatic N) is 4. The highest BCUT2D eigenvalue weighted by Gasteiger charge is 2.24. The van der Waals surface area contributed by atoms with Crippen LogP contribution >= 0.6 is 24.0 Å². The maximum atomic E-state index is 12.2. The second kappa shape index (κ2) is 11.2. The van der Waals surface area contributed by atoms with Crippen LogP contribution in [0.4, 0.5) is 0 Å². The van der Waals surface area contributed by atoms with Gasteiger partial charge >= 0.3 is 0 Å². The van der Waals surface area contributed by atoms with Crippen LogP contribution in [0, 0.1) is 0 Å². The van der Waals surface area contributed by atoms with E-state index in [9.17, 15) is 13.2 Å². The van der Waals surface area contributed by atoms with Gasteiger partial charge in [0.05, 0.1) is 12.8 Å². The maximum absolute atomic E-state index is 12.2. The molecular formula is C15H31IN6O3S. The Morgan fingerprint density at radius 3 is 2.15 bits per heavy atom. The van der Waals surface area contributed by atoms with Gasteiger partial charge < -0.3 is 15.1 Å². The van der Waals surface area contributed by atoms with Crippen molar-refractivity contribution in [1.82, 2.24) is 24.7 Å². The number of hydrogen-bond acceptors (Lipinski definition) is 5. The average Bonchev–Trinajstić information content (AvgIpc) is 3.10. The van der Waals surface area contributed by atoms with Gasteiger partial charge in [-0.05, 0) is 12.8 Å². The smallest absolute Gasteiger partial charge is 0.236 e. The van der Waals surface area contributed by atoms with Gasteiger partial charge in [-0.3, -0.25) is 14.7 Å². The van der Waals surface area contributed by atoms with E-state index < -0.39 is 10.0 Å². The lowest BCUT2D eigenvalue weighted by Crippen LogP contribution is -2.54. The minimum atomic E-state index is -3.17. The van der Waals surface area contributed by atoms with Gasteiger partial charge in [0, 0.05) is 59.4 Å². The van der Waals surface area contributed by atoms with Gasteiger partial charge in [0.1, 0.15) is 0 Å². The van der Waals surface area contributed by atoms with Gasteiger partial charge in [0.15, 0.2) is 5.96 Å². The quantitative estimate of drug-likeness (QED) is 0.209. The molecule has 0 radical (unpaired) electrons. The first-order chi connectivity index (χ1) is 11.9. The molecule has 11 heteroatoms. The fourth-order valence-electron chi connectivity index (χ4n) is 3.12. The number of hydrogen-bond donors (Lipinski definition) is 2. The Morgan fingerprint density at radius 1 is 1.00 bits per heavy atom. The summed E-state index contributed by atoms with van der Waals surface area (Å²) in [5.74, 6) is 1.00. The van der Waals surface area contributed by atoms with Gasteiger partial charge in [-0.2, -0.15) is 0 Å². The highest BCUT2D eigenvalue weighted by atomic mass is 127. The zero-order chi connectivity index (χ0) is 18.3. The molecule has 0 atom stereocenters. The minimum Gasteiger partial charge on any atom is -0.355 e. The standard InChI is InChI=1S/C15H30N6O3S.HI/c1-16-15(17-5-6-18-25(2,23)24)21-11-9-19(10-12-21)13-14(22)20-7-3-4-8-20;/h18H,3-13H2,1-2H3,(H,16,17);1H. The topological polar surface area (TPSA) is 97.3 Å². The van der Waals surface area contributed by atoms with E-state index >= 15 is 0 Å². The normalized spacial score (nSPS) is 19.4. The van der Waals surface area contributed by atoms with E-state index in [2.05, 4.69) is 24.8 Å². The number of carbonyl (C=O) groups excluding carboxylic acids is 1. The molecule has 0 aromatic carbocycles. The number of halogens is 1. The van der Waals surface area contributed by atoms with Gasteiger partial charge in [-0.1, -0.05) is 0 Å². The third-order valence-electron chi connectivity index (χ3n) is 4.47. The van der Waals surface area contributed by atoms with E-state index in [-0.39, 0.29) is 29.9 Å². The zero-order valence-corrected chi connectivity index (χ0v) is 18.8. The van der Waals surface area contributed by atoms with Crippen LogP contribution in [-0.4, -0.2) is 107 Å². The predicted molar refractivity (Wildman–Crippen MR) is 113 cm³/mol. The maximum Gasteiger partial charge on any atom is 0.236 e. The Bertz CT molecular complexity index is 572. The summed E-state index contributed by atoms with van der Waals surface area (Å²) >= 11 is 0. The van der Waals surface area contributed by atoms with Gasteiger partial charge in [-0.15, -0.1) is 24.0 Å². The Morgan fingerprint density at radius 2 is 1.62 bits per heavy atom. The van der Waals surface area contributed by atoms with Crippen molar-refractivity contribution >= 4 is 45.9 Å². The fourth-order valence-corrected chi connectivity index (χ4v) is 3.59. The van der Waals surface area contributed by atoms with Gasteiger partial charge in [0.2, 0.25) is 15.9 Å². The Kier molecular flexibility index (Phi) is 10.1. The fraction of sp³-hybridized carbons (Fsp3) is 0.867. The molecule has 0 aromatic rings. The molecule has 2 aliphatic heterocycles. The molecule has 1 amide bonds. The molecule has 26 heavy (non-hydrogen) atoms. The van der Waals surface area contributed by atoms with E-state index in [0.29, 0.717) is 19.6 Å². The summed E-state index contributed by atoms with van der Waals surface area (Å²) in [6, 6.07) is 0. The van der Waals surface area contributed by atoms with Crippen LogP contribution in [0.3, 0.4) is 0 Å². The number of guanidine groups is 1. The lowest BCUT2D eigenvalue weighted by molar-refractivity contribution is -0.131. The highest BCUT2D eigenvalue weighted by molar-refractivity contribution is 14.0. The average molecular weight is 502 g/mol. The van der Waals surface area contributed by atoms with Crippen molar-refractivity contribution in [2.24, 2.45) is 4.99 Å². The Labute approximate surface area is 173 Å². The molecule has 0 saturated carbocycles. The lowest BCUT2D eigenvalue weighted by atomic mass is 10.3. The van der Waals surface area contributed by atoms with Crippen molar-refractivity contribution in [3.8, 4) is 0 Å². The third-order valence-corrected chi connectivity index (χ3v) is 5.20. The second-order valence-corrected chi connectivity index (χ2v) is 8.32. The van der Waals surface area contributed by atoms with E-state index in [1.54, 1.807) is 7.05 Å². The molecule has 152 valence electrons. The number of piperazine rings is 1. The van der Waals surface area contributed by atoms with Crippen LogP contribution in [0.15, 0.2) is 4.99 Å². The number of rotatable bonds is 6. The lowest BCUT2D eigenvalue weighted by Gasteiger charge is -2.36. The predicted octanol–water partition coefficient (Wildman–Crippen LogP) is -1.03. The van der Waals surface area contributed by atoms with Crippen LogP contribution in [0.5, 0.6) is 0 Å². The Balaban J connectivity index is 0.00000338. The second-order valence-electron chi connectivity index (χ2n) is 6.49. The van der Waals surface area contributed by atoms with E-state index in [1.807, 2.05) is 4.90 Å². The van der Waals surface area contributed by atoms with E-state index in [4.69, 9.17) is 0 Å². The molecule has 2 N–H and O–H groups in total. The molecule has 0 spiro atoms. The number of carbonyl (C=O) groups is 1. The summed E-state index contributed by atoms with van der Waals surface area (Å²) in [4.78, 5) is 22.8. The van der Waals surface area contributed by atoms with Crippen LogP contribution in [0.25, 0.3) is 0 Å². The first-order valence-electron chi connectivity index (χ1n) is 8.79. The molecule has 2 saturated heterocycles. The summed E-state index contributed by atoms with van der Waals surface area (Å²) in [5.41, 5.74) is 0. The number of amides is 1. The van der Waals surface area contributed by atoms with Crippen molar-refractivity contribution in [2.45, 2.75) is 12.8 Å². The summed E-state index contributed by atoms with van der Waals surface area (Å²) in [5, 5.41) is 3.17.